The van der Waals surface area contributed by atoms with Gasteiger partial charge in [-0.15, -0.1) is 0 Å². The minimum Gasteiger partial charge on any atom is -0.354 e. The van der Waals surface area contributed by atoms with Crippen LogP contribution in [0.1, 0.15) is 30.9 Å². The van der Waals surface area contributed by atoms with Crippen LogP contribution in [0.3, 0.4) is 0 Å². The molecule has 0 bridgehead atoms. The number of carbonyl (C=O) groups excluding carboxylic acids is 2. The summed E-state index contributed by atoms with van der Waals surface area (Å²) in [6.07, 6.45) is 1.87. The molecule has 214 valence electrons. The number of nitrogens with one attached hydrogen (secondary N) is 1. The highest BCUT2D eigenvalue weighted by atomic mass is 35.5. The van der Waals surface area contributed by atoms with Gasteiger partial charge in [-0.1, -0.05) is 84.5 Å². The Hall–Kier alpha value is -2.62. The van der Waals surface area contributed by atoms with Crippen LogP contribution in [0.5, 0.6) is 0 Å². The summed E-state index contributed by atoms with van der Waals surface area (Å²) in [5.74, 6) is -0.931. The molecule has 3 rings (SSSR count). The zero-order valence-electron chi connectivity index (χ0n) is 22.3. The molecule has 2 amide bonds. The van der Waals surface area contributed by atoms with E-state index in [0.717, 1.165) is 22.7 Å². The molecular formula is C29H32Cl3N3O4S. The fraction of sp³-hybridized carbons (Fsp3) is 0.310. The van der Waals surface area contributed by atoms with Gasteiger partial charge in [-0.05, 0) is 48.4 Å². The maximum atomic E-state index is 13.9. The van der Waals surface area contributed by atoms with E-state index in [1.54, 1.807) is 18.2 Å². The number of benzene rings is 3. The van der Waals surface area contributed by atoms with Crippen molar-refractivity contribution in [1.82, 2.24) is 14.5 Å². The molecule has 0 unspecified atom stereocenters. The molecule has 11 heteroatoms. The summed E-state index contributed by atoms with van der Waals surface area (Å²) < 4.78 is 27.4. The van der Waals surface area contributed by atoms with Gasteiger partial charge in [0.2, 0.25) is 21.8 Å². The third kappa shape index (κ3) is 8.44. The zero-order valence-corrected chi connectivity index (χ0v) is 25.4. The second kappa shape index (κ2) is 14.8. The highest BCUT2D eigenvalue weighted by molar-refractivity contribution is 7.89. The number of hydrogen-bond donors (Lipinski definition) is 1. The third-order valence-electron chi connectivity index (χ3n) is 6.37. The van der Waals surface area contributed by atoms with Crippen LogP contribution in [0.25, 0.3) is 0 Å². The Kier molecular flexibility index (Phi) is 11.8. The summed E-state index contributed by atoms with van der Waals surface area (Å²) in [7, 11) is -2.71. The van der Waals surface area contributed by atoms with Crippen molar-refractivity contribution in [1.29, 1.82) is 0 Å². The molecule has 1 atom stereocenters. The molecule has 0 aliphatic heterocycles. The van der Waals surface area contributed by atoms with Gasteiger partial charge in [0.25, 0.3) is 0 Å². The van der Waals surface area contributed by atoms with E-state index < -0.39 is 28.5 Å². The Morgan fingerprint density at radius 1 is 0.900 bits per heavy atom. The molecule has 0 fully saturated rings. The van der Waals surface area contributed by atoms with Crippen LogP contribution >= 0.6 is 34.8 Å². The van der Waals surface area contributed by atoms with E-state index in [9.17, 15) is 18.0 Å². The number of sulfonamides is 1. The third-order valence-corrected chi connectivity index (χ3v) is 9.15. The van der Waals surface area contributed by atoms with Crippen LogP contribution in [0.4, 0.5) is 0 Å². The van der Waals surface area contributed by atoms with Crippen molar-refractivity contribution in [3.05, 3.63) is 99.0 Å². The summed E-state index contributed by atoms with van der Waals surface area (Å²) in [6.45, 7) is 1.85. The van der Waals surface area contributed by atoms with Crippen molar-refractivity contribution < 1.29 is 18.0 Å². The molecule has 0 radical (unpaired) electrons. The summed E-state index contributed by atoms with van der Waals surface area (Å²) in [5.41, 5.74) is 1.30. The van der Waals surface area contributed by atoms with Crippen molar-refractivity contribution in [2.75, 3.05) is 20.1 Å². The molecule has 3 aromatic carbocycles. The maximum absolute atomic E-state index is 13.9. The van der Waals surface area contributed by atoms with Crippen LogP contribution in [0.2, 0.25) is 15.1 Å². The lowest BCUT2D eigenvalue weighted by Crippen LogP contribution is -2.53. The average molecular weight is 625 g/mol. The van der Waals surface area contributed by atoms with E-state index in [1.165, 1.54) is 36.2 Å². The summed E-state index contributed by atoms with van der Waals surface area (Å²) in [6, 6.07) is 19.0. The molecule has 7 nitrogen and oxygen atoms in total. The lowest BCUT2D eigenvalue weighted by atomic mass is 10.0. The van der Waals surface area contributed by atoms with E-state index >= 15 is 0 Å². The van der Waals surface area contributed by atoms with Gasteiger partial charge in [-0.2, -0.15) is 4.31 Å². The quantitative estimate of drug-likeness (QED) is 0.243. The van der Waals surface area contributed by atoms with Crippen LogP contribution in [0, 0.1) is 0 Å². The lowest BCUT2D eigenvalue weighted by molar-refractivity contribution is -0.141. The Labute approximate surface area is 251 Å². The number of rotatable bonds is 13. The fourth-order valence-corrected chi connectivity index (χ4v) is 5.83. The number of amides is 2. The number of halogens is 3. The molecule has 0 saturated heterocycles. The Morgan fingerprint density at radius 2 is 1.52 bits per heavy atom. The van der Waals surface area contributed by atoms with Crippen molar-refractivity contribution in [2.24, 2.45) is 0 Å². The molecular weight excluding hydrogens is 593 g/mol. The van der Waals surface area contributed by atoms with Crippen LogP contribution in [0.15, 0.2) is 77.7 Å². The van der Waals surface area contributed by atoms with Gasteiger partial charge in [0.05, 0.1) is 11.4 Å². The molecule has 0 aliphatic carbocycles. The van der Waals surface area contributed by atoms with E-state index in [0.29, 0.717) is 27.2 Å². The van der Waals surface area contributed by atoms with Crippen LogP contribution in [-0.2, 0) is 32.6 Å². The molecule has 0 aromatic heterocycles. The summed E-state index contributed by atoms with van der Waals surface area (Å²) in [5, 5.41) is 3.97. The first-order valence-electron chi connectivity index (χ1n) is 12.8. The monoisotopic (exact) mass is 623 g/mol. The first kappa shape index (κ1) is 31.9. The predicted octanol–water partition coefficient (Wildman–Crippen LogP) is 5.82. The molecule has 3 aromatic rings. The maximum Gasteiger partial charge on any atom is 0.243 e. The van der Waals surface area contributed by atoms with Crippen LogP contribution < -0.4 is 5.32 Å². The second-order valence-corrected chi connectivity index (χ2v) is 12.6. The Morgan fingerprint density at radius 3 is 2.12 bits per heavy atom. The molecule has 40 heavy (non-hydrogen) atoms. The Balaban J connectivity index is 2.00. The number of hydrogen-bond acceptors (Lipinski definition) is 4. The average Bonchev–Trinajstić information content (AvgIpc) is 2.92. The SMILES string of the molecule is CCCCNC(=O)[C@@H](Cc1ccccc1)N(Cc1c(Cl)cccc1Cl)C(=O)CN(C)S(=O)(=O)c1ccc(Cl)cc1. The highest BCUT2D eigenvalue weighted by Crippen LogP contribution is 2.27. The predicted molar refractivity (Wildman–Crippen MR) is 160 cm³/mol. The summed E-state index contributed by atoms with van der Waals surface area (Å²) in [4.78, 5) is 28.8. The van der Waals surface area contributed by atoms with Crippen LogP contribution in [-0.4, -0.2) is 55.6 Å². The molecule has 0 aliphatic rings. The minimum atomic E-state index is -4.02. The molecule has 0 saturated carbocycles. The molecule has 1 N–H and O–H groups in total. The largest absolute Gasteiger partial charge is 0.354 e. The molecule has 0 heterocycles. The Bertz CT molecular complexity index is 1380. The number of carbonyl (C=O) groups is 2. The fourth-order valence-electron chi connectivity index (χ4n) is 4.07. The van der Waals surface area contributed by atoms with E-state index in [4.69, 9.17) is 34.8 Å². The number of nitrogens with zero attached hydrogens (tertiary/aromatic N) is 2. The van der Waals surface area contributed by atoms with Gasteiger partial charge in [0.15, 0.2) is 0 Å². The van der Waals surface area contributed by atoms with Crippen molar-refractivity contribution >= 4 is 56.6 Å². The highest BCUT2D eigenvalue weighted by Gasteiger charge is 2.33. The van der Waals surface area contributed by atoms with Gasteiger partial charge in [0, 0.05) is 47.2 Å². The first-order valence-corrected chi connectivity index (χ1v) is 15.4. The van der Waals surface area contributed by atoms with E-state index in [1.807, 2.05) is 37.3 Å². The minimum absolute atomic E-state index is 0.00829. The van der Waals surface area contributed by atoms with Crippen molar-refractivity contribution in [3.8, 4) is 0 Å². The van der Waals surface area contributed by atoms with E-state index in [2.05, 4.69) is 5.32 Å². The van der Waals surface area contributed by atoms with E-state index in [-0.39, 0.29) is 23.8 Å². The number of likely N-dealkylation sites (N-methyl/N-ethyl adjacent to an activating group) is 1. The van der Waals surface area contributed by atoms with Gasteiger partial charge in [-0.25, -0.2) is 8.42 Å². The van der Waals surface area contributed by atoms with Gasteiger partial charge in [-0.3, -0.25) is 9.59 Å². The zero-order chi connectivity index (χ0) is 29.3. The normalized spacial score (nSPS) is 12.2. The lowest BCUT2D eigenvalue weighted by Gasteiger charge is -2.33. The van der Waals surface area contributed by atoms with Gasteiger partial charge in [0.1, 0.15) is 6.04 Å². The smallest absolute Gasteiger partial charge is 0.243 e. The second-order valence-electron chi connectivity index (χ2n) is 9.29. The molecule has 0 spiro atoms. The standard InChI is InChI=1S/C29H32Cl3N3O4S/c1-3-4-17-33-29(37)27(18-21-9-6-5-7-10-21)35(19-24-25(31)11-8-12-26(24)32)28(36)20-34(2)40(38,39)23-15-13-22(30)14-16-23/h5-16,27H,3-4,17-20H2,1-2H3,(H,33,37)/t27-/m1/s1. The van der Waals surface area contributed by atoms with Gasteiger partial charge < -0.3 is 10.2 Å². The topological polar surface area (TPSA) is 86.8 Å². The van der Waals surface area contributed by atoms with Crippen molar-refractivity contribution in [2.45, 2.75) is 43.7 Å². The summed E-state index contributed by atoms with van der Waals surface area (Å²) >= 11 is 18.8. The van der Waals surface area contributed by atoms with Crippen molar-refractivity contribution in [3.63, 3.8) is 0 Å². The number of unbranched alkanes of at least 4 members (excludes halogenated alkanes) is 1. The first-order chi connectivity index (χ1) is 19.0. The van der Waals surface area contributed by atoms with Gasteiger partial charge >= 0.3 is 0 Å².